The van der Waals surface area contributed by atoms with Crippen molar-refractivity contribution in [1.82, 2.24) is 5.32 Å². The average molecular weight is 277 g/mol. The predicted molar refractivity (Wildman–Crippen MR) is 82.5 cm³/mol. The molecule has 0 radical (unpaired) electrons. The van der Waals surface area contributed by atoms with Crippen LogP contribution >= 0.6 is 0 Å². The van der Waals surface area contributed by atoms with E-state index in [0.29, 0.717) is 11.5 Å². The maximum absolute atomic E-state index is 5.58. The fourth-order valence-electron chi connectivity index (χ4n) is 3.78. The summed E-state index contributed by atoms with van der Waals surface area (Å²) < 4.78 is 11.0. The first-order valence-electron chi connectivity index (χ1n) is 7.60. The van der Waals surface area contributed by atoms with Crippen LogP contribution in [0.3, 0.4) is 0 Å². The molecule has 3 heteroatoms. The van der Waals surface area contributed by atoms with Crippen LogP contribution in [0.15, 0.2) is 18.2 Å². The van der Waals surface area contributed by atoms with Crippen molar-refractivity contribution in [3.05, 3.63) is 23.8 Å². The van der Waals surface area contributed by atoms with Gasteiger partial charge in [-0.2, -0.15) is 0 Å². The lowest BCUT2D eigenvalue weighted by atomic mass is 9.73. The molecule has 20 heavy (non-hydrogen) atoms. The summed E-state index contributed by atoms with van der Waals surface area (Å²) in [6, 6.07) is 6.41. The molecule has 1 aliphatic carbocycles. The molecule has 1 atom stereocenters. The first-order chi connectivity index (χ1) is 9.70. The molecule has 1 fully saturated rings. The zero-order chi connectivity index (χ0) is 14.6. The number of ether oxygens (including phenoxy) is 2. The number of hydrogen-bond donors (Lipinski definition) is 1. The van der Waals surface area contributed by atoms with Crippen LogP contribution in [0.4, 0.5) is 0 Å². The summed E-state index contributed by atoms with van der Waals surface area (Å²) >= 11 is 0. The fourth-order valence-corrected chi connectivity index (χ4v) is 3.78. The Bertz CT molecular complexity index is 439. The van der Waals surface area contributed by atoms with Gasteiger partial charge in [-0.25, -0.2) is 0 Å². The highest BCUT2D eigenvalue weighted by atomic mass is 16.5. The van der Waals surface area contributed by atoms with E-state index in [1.165, 1.54) is 37.7 Å². The summed E-state index contributed by atoms with van der Waals surface area (Å²) in [6.45, 7) is 2.31. The van der Waals surface area contributed by atoms with E-state index in [1.54, 1.807) is 14.2 Å². The van der Waals surface area contributed by atoms with E-state index in [0.717, 1.165) is 11.5 Å². The first-order valence-corrected chi connectivity index (χ1v) is 7.60. The van der Waals surface area contributed by atoms with Gasteiger partial charge in [0, 0.05) is 11.6 Å². The van der Waals surface area contributed by atoms with Crippen molar-refractivity contribution in [2.24, 2.45) is 5.41 Å². The summed E-state index contributed by atoms with van der Waals surface area (Å²) in [5.74, 6) is 1.84. The molecular formula is C17H27NO2. The molecule has 1 unspecified atom stereocenters. The molecule has 1 aromatic carbocycles. The zero-order valence-electron chi connectivity index (χ0n) is 13.2. The maximum atomic E-state index is 5.58. The minimum atomic E-state index is 0.319. The molecule has 2 rings (SSSR count). The lowest BCUT2D eigenvalue weighted by Gasteiger charge is -2.38. The first kappa shape index (κ1) is 15.2. The number of hydrogen-bond acceptors (Lipinski definition) is 3. The molecule has 0 saturated heterocycles. The van der Waals surface area contributed by atoms with Crippen LogP contribution in [-0.4, -0.2) is 21.3 Å². The molecule has 1 N–H and O–H groups in total. The molecule has 0 spiro atoms. The van der Waals surface area contributed by atoms with Gasteiger partial charge in [-0.05, 0) is 49.9 Å². The molecule has 1 aromatic rings. The lowest BCUT2D eigenvalue weighted by Crippen LogP contribution is -2.34. The molecule has 1 aliphatic rings. The normalized spacial score (nSPS) is 18.8. The van der Waals surface area contributed by atoms with E-state index in [1.807, 2.05) is 12.1 Å². The van der Waals surface area contributed by atoms with Crippen LogP contribution in [-0.2, 0) is 0 Å². The van der Waals surface area contributed by atoms with Gasteiger partial charge in [0.2, 0.25) is 0 Å². The van der Waals surface area contributed by atoms with E-state index in [-0.39, 0.29) is 0 Å². The standard InChI is InChI=1S/C17H27NO2/c1-5-17(10-6-7-11-17)16(18-2)14-12-13(19-3)8-9-15(14)20-4/h8-9,12,16,18H,5-7,10-11H2,1-4H3. The van der Waals surface area contributed by atoms with E-state index in [2.05, 4.69) is 25.4 Å². The van der Waals surface area contributed by atoms with Gasteiger partial charge in [0.05, 0.1) is 14.2 Å². The molecule has 0 bridgehead atoms. The summed E-state index contributed by atoms with van der Waals surface area (Å²) in [7, 11) is 5.51. The SMILES string of the molecule is CCC1(C(NC)c2cc(OC)ccc2OC)CCCC1. The van der Waals surface area contributed by atoms with E-state index in [4.69, 9.17) is 9.47 Å². The Morgan fingerprint density at radius 3 is 2.40 bits per heavy atom. The fraction of sp³-hybridized carbons (Fsp3) is 0.647. The topological polar surface area (TPSA) is 30.5 Å². The second kappa shape index (κ2) is 6.49. The van der Waals surface area contributed by atoms with Gasteiger partial charge in [0.25, 0.3) is 0 Å². The van der Waals surface area contributed by atoms with E-state index in [9.17, 15) is 0 Å². The minimum Gasteiger partial charge on any atom is -0.497 e. The minimum absolute atomic E-state index is 0.319. The third kappa shape index (κ3) is 2.64. The highest BCUT2D eigenvalue weighted by Crippen LogP contribution is 2.51. The largest absolute Gasteiger partial charge is 0.497 e. The summed E-state index contributed by atoms with van der Waals surface area (Å²) in [4.78, 5) is 0. The predicted octanol–water partition coefficient (Wildman–Crippen LogP) is 3.93. The molecule has 1 saturated carbocycles. The van der Waals surface area contributed by atoms with Gasteiger partial charge in [-0.15, -0.1) is 0 Å². The van der Waals surface area contributed by atoms with Crippen molar-refractivity contribution < 1.29 is 9.47 Å². The Morgan fingerprint density at radius 1 is 1.20 bits per heavy atom. The van der Waals surface area contributed by atoms with Gasteiger partial charge < -0.3 is 14.8 Å². The summed E-state index contributed by atoms with van der Waals surface area (Å²) in [6.07, 6.45) is 6.43. The van der Waals surface area contributed by atoms with Crippen molar-refractivity contribution >= 4 is 0 Å². The van der Waals surface area contributed by atoms with Crippen LogP contribution in [0.2, 0.25) is 0 Å². The third-order valence-electron chi connectivity index (χ3n) is 4.95. The van der Waals surface area contributed by atoms with Crippen LogP contribution in [0, 0.1) is 5.41 Å². The lowest BCUT2D eigenvalue weighted by molar-refractivity contribution is 0.191. The van der Waals surface area contributed by atoms with Gasteiger partial charge in [0.1, 0.15) is 11.5 Å². The van der Waals surface area contributed by atoms with Crippen molar-refractivity contribution in [2.45, 2.75) is 45.1 Å². The quantitative estimate of drug-likeness (QED) is 0.854. The second-order valence-corrected chi connectivity index (χ2v) is 5.75. The summed E-state index contributed by atoms with van der Waals surface area (Å²) in [5.41, 5.74) is 1.56. The van der Waals surface area contributed by atoms with Crippen molar-refractivity contribution in [1.29, 1.82) is 0 Å². The smallest absolute Gasteiger partial charge is 0.123 e. The van der Waals surface area contributed by atoms with Crippen molar-refractivity contribution in [2.75, 3.05) is 21.3 Å². The maximum Gasteiger partial charge on any atom is 0.123 e. The molecular weight excluding hydrogens is 250 g/mol. The Morgan fingerprint density at radius 2 is 1.90 bits per heavy atom. The molecule has 3 nitrogen and oxygen atoms in total. The Kier molecular flexibility index (Phi) is 4.92. The van der Waals surface area contributed by atoms with Crippen LogP contribution < -0.4 is 14.8 Å². The molecule has 0 heterocycles. The Balaban J connectivity index is 2.44. The van der Waals surface area contributed by atoms with Gasteiger partial charge >= 0.3 is 0 Å². The molecule has 0 aromatic heterocycles. The Labute approximate surface area is 122 Å². The van der Waals surface area contributed by atoms with Crippen molar-refractivity contribution in [3.63, 3.8) is 0 Å². The van der Waals surface area contributed by atoms with Crippen molar-refractivity contribution in [3.8, 4) is 11.5 Å². The highest BCUT2D eigenvalue weighted by molar-refractivity contribution is 5.43. The summed E-state index contributed by atoms with van der Waals surface area (Å²) in [5, 5.41) is 3.54. The van der Waals surface area contributed by atoms with Gasteiger partial charge in [-0.3, -0.25) is 0 Å². The number of benzene rings is 1. The number of nitrogens with one attached hydrogen (secondary N) is 1. The molecule has 112 valence electrons. The molecule has 0 aliphatic heterocycles. The van der Waals surface area contributed by atoms with Gasteiger partial charge in [0.15, 0.2) is 0 Å². The van der Waals surface area contributed by atoms with Crippen LogP contribution in [0.5, 0.6) is 11.5 Å². The number of methoxy groups -OCH3 is 2. The van der Waals surface area contributed by atoms with Crippen LogP contribution in [0.1, 0.15) is 50.6 Å². The molecule has 0 amide bonds. The Hall–Kier alpha value is -1.22. The van der Waals surface area contributed by atoms with E-state index < -0.39 is 0 Å². The van der Waals surface area contributed by atoms with Gasteiger partial charge in [-0.1, -0.05) is 19.8 Å². The highest BCUT2D eigenvalue weighted by Gasteiger charge is 2.41. The monoisotopic (exact) mass is 277 g/mol. The number of rotatable bonds is 6. The third-order valence-corrected chi connectivity index (χ3v) is 4.95. The average Bonchev–Trinajstić information content (AvgIpc) is 2.98. The van der Waals surface area contributed by atoms with E-state index >= 15 is 0 Å². The second-order valence-electron chi connectivity index (χ2n) is 5.75. The zero-order valence-corrected chi connectivity index (χ0v) is 13.2. The van der Waals surface area contributed by atoms with Crippen LogP contribution in [0.25, 0.3) is 0 Å².